The van der Waals surface area contributed by atoms with Crippen LogP contribution in [0.15, 0.2) is 0 Å². The highest BCUT2D eigenvalue weighted by Gasteiger charge is 2.15. The number of hydrogen-bond donors (Lipinski definition) is 0. The number of carbonyl (C=O) groups excluding carboxylic acids is 1. The van der Waals surface area contributed by atoms with Gasteiger partial charge < -0.3 is 0 Å². The lowest BCUT2D eigenvalue weighted by Crippen LogP contribution is -2.21. The van der Waals surface area contributed by atoms with E-state index in [2.05, 4.69) is 24.6 Å². The smallest absolute Gasteiger partial charge is 0.257 e. The van der Waals surface area contributed by atoms with Crippen LogP contribution in [0, 0.1) is 0 Å². The van der Waals surface area contributed by atoms with Gasteiger partial charge in [-0.2, -0.15) is 14.6 Å². The highest BCUT2D eigenvalue weighted by molar-refractivity contribution is 5.58. The average Bonchev–Trinajstić information content (AvgIpc) is 1.98. The van der Waals surface area contributed by atoms with Gasteiger partial charge in [0, 0.05) is 0 Å². The van der Waals surface area contributed by atoms with Gasteiger partial charge in [-0.1, -0.05) is 0 Å². The van der Waals surface area contributed by atoms with Crippen molar-refractivity contribution in [1.29, 1.82) is 0 Å². The molecule has 0 rings (SSSR count). The van der Waals surface area contributed by atoms with Crippen LogP contribution in [0.5, 0.6) is 0 Å². The first-order valence-corrected chi connectivity index (χ1v) is 4.21. The van der Waals surface area contributed by atoms with Crippen LogP contribution in [0.2, 0.25) is 0 Å². The Balaban J connectivity index is 3.46. The molecule has 0 aliphatic rings. The van der Waals surface area contributed by atoms with Crippen molar-refractivity contribution in [3.05, 3.63) is 0 Å². The maximum atomic E-state index is 10.7. The number of carbonyl (C=O) groups is 1. The fourth-order valence-corrected chi connectivity index (χ4v) is 0.296. The Labute approximate surface area is 82.8 Å². The van der Waals surface area contributed by atoms with Crippen molar-refractivity contribution in [1.82, 2.24) is 0 Å². The second-order valence-electron chi connectivity index (χ2n) is 3.83. The van der Waals surface area contributed by atoms with Crippen LogP contribution >= 0.6 is 0 Å². The van der Waals surface area contributed by atoms with Gasteiger partial charge in [0.15, 0.2) is 0 Å². The van der Waals surface area contributed by atoms with Crippen molar-refractivity contribution >= 4 is 6.16 Å². The lowest BCUT2D eigenvalue weighted by Gasteiger charge is -2.14. The van der Waals surface area contributed by atoms with E-state index in [1.54, 1.807) is 34.6 Å². The third-order valence-corrected chi connectivity index (χ3v) is 0.695. The highest BCUT2D eigenvalue weighted by Crippen LogP contribution is 2.07. The van der Waals surface area contributed by atoms with Gasteiger partial charge in [-0.25, -0.2) is 4.89 Å². The van der Waals surface area contributed by atoms with Crippen LogP contribution in [-0.2, 0) is 24.6 Å². The minimum Gasteiger partial charge on any atom is -0.257 e. The van der Waals surface area contributed by atoms with Gasteiger partial charge in [-0.3, -0.25) is 4.89 Å². The molecule has 0 unspecified atom stereocenters. The van der Waals surface area contributed by atoms with Crippen molar-refractivity contribution in [3.63, 3.8) is 0 Å². The molecular weight excluding hydrogens is 192 g/mol. The van der Waals surface area contributed by atoms with Crippen molar-refractivity contribution in [2.24, 2.45) is 0 Å². The van der Waals surface area contributed by atoms with Crippen molar-refractivity contribution in [2.45, 2.75) is 46.3 Å². The molecule has 0 aliphatic heterocycles. The molecule has 0 aromatic rings. The van der Waals surface area contributed by atoms with E-state index in [0.717, 1.165) is 0 Å². The van der Waals surface area contributed by atoms with E-state index in [9.17, 15) is 4.79 Å². The van der Waals surface area contributed by atoms with Crippen LogP contribution in [0.25, 0.3) is 0 Å². The second-order valence-corrected chi connectivity index (χ2v) is 3.83. The Hall–Kier alpha value is -0.850. The van der Waals surface area contributed by atoms with Gasteiger partial charge in [0.25, 0.3) is 0 Å². The fourth-order valence-electron chi connectivity index (χ4n) is 0.296. The topological polar surface area (TPSA) is 63.2 Å². The molecule has 0 fully saturated rings. The van der Waals surface area contributed by atoms with Gasteiger partial charge in [0.1, 0.15) is 0 Å². The zero-order chi connectivity index (χ0) is 11.2. The predicted octanol–water partition coefficient (Wildman–Crippen LogP) is 2.14. The predicted molar refractivity (Wildman–Crippen MR) is 45.7 cm³/mol. The largest absolute Gasteiger partial charge is 0.575 e. The van der Waals surface area contributed by atoms with E-state index < -0.39 is 11.8 Å². The quantitative estimate of drug-likeness (QED) is 0.521. The lowest BCUT2D eigenvalue weighted by atomic mass is 10.2. The lowest BCUT2D eigenvalue weighted by molar-refractivity contribution is -0.521. The minimum absolute atomic E-state index is 0.244. The van der Waals surface area contributed by atoms with E-state index in [4.69, 9.17) is 0 Å². The molecule has 0 amide bonds. The third-order valence-electron chi connectivity index (χ3n) is 0.695. The first kappa shape index (κ1) is 13.2. The van der Waals surface area contributed by atoms with Crippen LogP contribution in [0.1, 0.15) is 34.6 Å². The molecule has 0 aromatic heterocycles. The van der Waals surface area contributed by atoms with Crippen molar-refractivity contribution in [3.8, 4) is 0 Å². The monoisotopic (exact) mass is 208 g/mol. The molecule has 0 saturated heterocycles. The Morgan fingerprint density at radius 3 is 2.14 bits per heavy atom. The molecule has 0 radical (unpaired) electrons. The molecule has 0 N–H and O–H groups in total. The van der Waals surface area contributed by atoms with Crippen LogP contribution < -0.4 is 0 Å². The zero-order valence-electron chi connectivity index (χ0n) is 9.03. The van der Waals surface area contributed by atoms with Gasteiger partial charge in [-0.15, -0.1) is 0 Å². The summed E-state index contributed by atoms with van der Waals surface area (Å²) in [6, 6.07) is 0. The van der Waals surface area contributed by atoms with Gasteiger partial charge in [-0.05, 0) is 39.7 Å². The minimum atomic E-state index is -1.12. The summed E-state index contributed by atoms with van der Waals surface area (Å²) < 4.78 is 0. The Morgan fingerprint density at radius 1 is 1.14 bits per heavy atom. The average molecular weight is 208 g/mol. The molecular formula is C8H16O6. The van der Waals surface area contributed by atoms with Crippen molar-refractivity contribution in [2.75, 3.05) is 0 Å². The first-order chi connectivity index (χ1) is 6.31. The number of rotatable bonds is 4. The van der Waals surface area contributed by atoms with Crippen LogP contribution in [-0.4, -0.2) is 17.9 Å². The standard InChI is InChI=1S/C8H16O6/c1-6(2)10-11-7(9)12-14-13-8(3,4)5/h6H,1-5H3. The summed E-state index contributed by atoms with van der Waals surface area (Å²) in [5.41, 5.74) is -0.570. The maximum absolute atomic E-state index is 10.7. The van der Waals surface area contributed by atoms with E-state index in [1.807, 2.05) is 0 Å². The van der Waals surface area contributed by atoms with Gasteiger partial charge >= 0.3 is 6.16 Å². The molecule has 6 nitrogen and oxygen atoms in total. The molecule has 0 atom stereocenters. The summed E-state index contributed by atoms with van der Waals surface area (Å²) in [5, 5.41) is 4.14. The summed E-state index contributed by atoms with van der Waals surface area (Å²) in [7, 11) is 0. The third kappa shape index (κ3) is 9.24. The molecule has 0 bridgehead atoms. The molecule has 84 valence electrons. The van der Waals surface area contributed by atoms with Gasteiger partial charge in [0.2, 0.25) is 0 Å². The second kappa shape index (κ2) is 5.79. The fraction of sp³-hybridized carbons (Fsp3) is 0.875. The van der Waals surface area contributed by atoms with E-state index in [1.165, 1.54) is 0 Å². The van der Waals surface area contributed by atoms with E-state index in [-0.39, 0.29) is 6.10 Å². The summed E-state index contributed by atoms with van der Waals surface area (Å²) in [6.07, 6.45) is -1.37. The Bertz CT molecular complexity index is 171. The summed E-state index contributed by atoms with van der Waals surface area (Å²) in [6.45, 7) is 8.57. The number of hydrogen-bond acceptors (Lipinski definition) is 6. The summed E-state index contributed by atoms with van der Waals surface area (Å²) >= 11 is 0. The van der Waals surface area contributed by atoms with E-state index in [0.29, 0.717) is 0 Å². The SMILES string of the molecule is CC(C)OOC(=O)OOOC(C)(C)C. The molecule has 0 heterocycles. The molecule has 0 spiro atoms. The van der Waals surface area contributed by atoms with Crippen LogP contribution in [0.3, 0.4) is 0 Å². The maximum Gasteiger partial charge on any atom is 0.575 e. The molecule has 0 saturated carbocycles. The van der Waals surface area contributed by atoms with Crippen molar-refractivity contribution < 1.29 is 29.4 Å². The van der Waals surface area contributed by atoms with Crippen LogP contribution in [0.4, 0.5) is 4.79 Å². The first-order valence-electron chi connectivity index (χ1n) is 4.21. The molecule has 14 heavy (non-hydrogen) atoms. The van der Waals surface area contributed by atoms with Gasteiger partial charge in [0.05, 0.1) is 11.7 Å². The zero-order valence-corrected chi connectivity index (χ0v) is 9.03. The molecule has 0 aromatic carbocycles. The summed E-state index contributed by atoms with van der Waals surface area (Å²) in [5.74, 6) is 0. The van der Waals surface area contributed by atoms with E-state index >= 15 is 0 Å². The Morgan fingerprint density at radius 2 is 1.71 bits per heavy atom. The molecule has 6 heteroatoms. The molecule has 0 aliphatic carbocycles. The highest BCUT2D eigenvalue weighted by atomic mass is 17.5. The summed E-state index contributed by atoms with van der Waals surface area (Å²) in [4.78, 5) is 28.0. The normalized spacial score (nSPS) is 11.6. The Kier molecular flexibility index (Phi) is 5.44.